The first-order chi connectivity index (χ1) is 14.7. The molecule has 8 nitrogen and oxygen atoms in total. The Morgan fingerprint density at radius 2 is 1.52 bits per heavy atom. The van der Waals surface area contributed by atoms with Gasteiger partial charge in [0.15, 0.2) is 15.6 Å². The van der Waals surface area contributed by atoms with E-state index in [1.807, 2.05) is 0 Å². The summed E-state index contributed by atoms with van der Waals surface area (Å²) in [4.78, 5) is 12.6. The minimum Gasteiger partial charge on any atom is -0.455 e. The van der Waals surface area contributed by atoms with Crippen LogP contribution >= 0.6 is 0 Å². The van der Waals surface area contributed by atoms with E-state index in [4.69, 9.17) is 4.42 Å². The van der Waals surface area contributed by atoms with E-state index in [1.165, 1.54) is 36.4 Å². The molecule has 0 aliphatic rings. The van der Waals surface area contributed by atoms with E-state index in [-0.39, 0.29) is 27.9 Å². The summed E-state index contributed by atoms with van der Waals surface area (Å²) in [5.74, 6) is -0.785. The van der Waals surface area contributed by atoms with Crippen LogP contribution in [0.25, 0.3) is 0 Å². The van der Waals surface area contributed by atoms with Gasteiger partial charge < -0.3 is 9.73 Å². The molecular weight excluding hydrogens is 440 g/mol. The van der Waals surface area contributed by atoms with Crippen LogP contribution in [0.15, 0.2) is 76.0 Å². The van der Waals surface area contributed by atoms with Crippen LogP contribution in [-0.4, -0.2) is 28.5 Å². The van der Waals surface area contributed by atoms with Crippen molar-refractivity contribution in [3.8, 4) is 0 Å². The van der Waals surface area contributed by atoms with E-state index in [9.17, 15) is 21.6 Å². The number of amides is 1. The zero-order chi connectivity index (χ0) is 22.5. The first kappa shape index (κ1) is 22.6. The quantitative estimate of drug-likeness (QED) is 0.500. The number of furan rings is 1. The molecule has 0 unspecified atom stereocenters. The zero-order valence-electron chi connectivity index (χ0n) is 16.7. The van der Waals surface area contributed by atoms with E-state index in [2.05, 4.69) is 10.0 Å². The number of hydrogen-bond acceptors (Lipinski definition) is 6. The first-order valence-corrected chi connectivity index (χ1v) is 12.8. The highest BCUT2D eigenvalue weighted by atomic mass is 32.2. The van der Waals surface area contributed by atoms with Crippen LogP contribution in [0.1, 0.15) is 29.7 Å². The van der Waals surface area contributed by atoms with Crippen molar-refractivity contribution in [3.63, 3.8) is 0 Å². The molecule has 0 aliphatic heterocycles. The van der Waals surface area contributed by atoms with Gasteiger partial charge in [-0.1, -0.05) is 25.1 Å². The second-order valence-corrected chi connectivity index (χ2v) is 10.6. The maximum Gasteiger partial charge on any atom is 0.291 e. The predicted molar refractivity (Wildman–Crippen MR) is 118 cm³/mol. The molecule has 0 aliphatic carbocycles. The summed E-state index contributed by atoms with van der Waals surface area (Å²) < 4.78 is 56.3. The van der Waals surface area contributed by atoms with E-state index in [0.29, 0.717) is 17.8 Å². The molecule has 164 valence electrons. The number of carbonyl (C=O) groups excluding carboxylic acids is 1. The average Bonchev–Trinajstić information content (AvgIpc) is 3.18. The second kappa shape index (κ2) is 9.36. The Morgan fingerprint density at radius 3 is 2.16 bits per heavy atom. The standard InChI is InChI=1S/C21H22N2O6S2/c1-2-14-31(27,28)23-17-10-8-16(9-11-17)22-21(24)20-13-12-18(29-20)15-30(25,26)19-6-4-3-5-7-19/h3-13,23H,2,14-15H2,1H3,(H,22,24). The van der Waals surface area contributed by atoms with Crippen molar-refractivity contribution in [2.75, 3.05) is 15.8 Å². The Bertz CT molecular complexity index is 1250. The van der Waals surface area contributed by atoms with E-state index >= 15 is 0 Å². The summed E-state index contributed by atoms with van der Waals surface area (Å²) in [6, 6.07) is 17.0. The van der Waals surface area contributed by atoms with Crippen molar-refractivity contribution in [1.29, 1.82) is 0 Å². The lowest BCUT2D eigenvalue weighted by molar-refractivity contribution is 0.0995. The first-order valence-electron chi connectivity index (χ1n) is 9.47. The molecule has 2 N–H and O–H groups in total. The Morgan fingerprint density at radius 1 is 0.871 bits per heavy atom. The summed E-state index contributed by atoms with van der Waals surface area (Å²) in [6.45, 7) is 1.77. The lowest BCUT2D eigenvalue weighted by Crippen LogP contribution is -2.16. The molecule has 31 heavy (non-hydrogen) atoms. The molecule has 1 amide bonds. The second-order valence-electron chi connectivity index (χ2n) is 6.79. The fourth-order valence-corrected chi connectivity index (χ4v) is 5.19. The number of rotatable bonds is 9. The maximum atomic E-state index is 12.4. The number of benzene rings is 2. The lowest BCUT2D eigenvalue weighted by atomic mass is 10.3. The third-order valence-corrected chi connectivity index (χ3v) is 7.36. The molecule has 3 aromatic rings. The third-order valence-electron chi connectivity index (χ3n) is 4.21. The smallest absolute Gasteiger partial charge is 0.291 e. The number of sulfonamides is 1. The maximum absolute atomic E-state index is 12.4. The van der Waals surface area contributed by atoms with Gasteiger partial charge in [0.1, 0.15) is 11.5 Å². The highest BCUT2D eigenvalue weighted by Gasteiger charge is 2.19. The zero-order valence-corrected chi connectivity index (χ0v) is 18.4. The van der Waals surface area contributed by atoms with Crippen molar-refractivity contribution < 1.29 is 26.0 Å². The van der Waals surface area contributed by atoms with Gasteiger partial charge in [-0.25, -0.2) is 16.8 Å². The van der Waals surface area contributed by atoms with E-state index < -0.39 is 25.8 Å². The largest absolute Gasteiger partial charge is 0.455 e. The number of anilines is 2. The highest BCUT2D eigenvalue weighted by molar-refractivity contribution is 7.92. The Labute approximate surface area is 181 Å². The number of sulfone groups is 1. The molecule has 1 aromatic heterocycles. The topological polar surface area (TPSA) is 123 Å². The molecule has 0 fully saturated rings. The summed E-state index contributed by atoms with van der Waals surface area (Å²) in [6.07, 6.45) is 0.501. The van der Waals surface area contributed by atoms with Crippen LogP contribution in [0, 0.1) is 0 Å². The van der Waals surface area contributed by atoms with Gasteiger partial charge in [0.25, 0.3) is 5.91 Å². The van der Waals surface area contributed by atoms with E-state index in [0.717, 1.165) is 0 Å². The van der Waals surface area contributed by atoms with Gasteiger partial charge in [-0.15, -0.1) is 0 Å². The molecule has 2 aromatic carbocycles. The molecule has 0 atom stereocenters. The Kier molecular flexibility index (Phi) is 6.81. The number of hydrogen-bond donors (Lipinski definition) is 2. The fraction of sp³-hybridized carbons (Fsp3) is 0.190. The van der Waals surface area contributed by atoms with Crippen molar-refractivity contribution in [3.05, 3.63) is 78.3 Å². The summed E-state index contributed by atoms with van der Waals surface area (Å²) in [5.41, 5.74) is 0.816. The van der Waals surface area contributed by atoms with Crippen LogP contribution in [0.3, 0.4) is 0 Å². The van der Waals surface area contributed by atoms with Crippen LogP contribution in [0.5, 0.6) is 0 Å². The van der Waals surface area contributed by atoms with Crippen LogP contribution in [0.4, 0.5) is 11.4 Å². The van der Waals surface area contributed by atoms with Gasteiger partial charge in [-0.2, -0.15) is 0 Å². The van der Waals surface area contributed by atoms with E-state index in [1.54, 1.807) is 37.3 Å². The van der Waals surface area contributed by atoms with Gasteiger partial charge in [0.05, 0.1) is 10.6 Å². The molecule has 0 radical (unpaired) electrons. The Balaban J connectivity index is 1.64. The molecule has 3 rings (SSSR count). The highest BCUT2D eigenvalue weighted by Crippen LogP contribution is 2.20. The van der Waals surface area contributed by atoms with Gasteiger partial charge in [0.2, 0.25) is 10.0 Å². The number of carbonyl (C=O) groups is 1. The summed E-state index contributed by atoms with van der Waals surface area (Å²) in [5, 5.41) is 2.62. The van der Waals surface area contributed by atoms with Gasteiger partial charge >= 0.3 is 0 Å². The van der Waals surface area contributed by atoms with Crippen LogP contribution < -0.4 is 10.0 Å². The SMILES string of the molecule is CCCS(=O)(=O)Nc1ccc(NC(=O)c2ccc(CS(=O)(=O)c3ccccc3)o2)cc1. The molecular formula is C21H22N2O6S2. The van der Waals surface area contributed by atoms with Crippen molar-refractivity contribution in [2.45, 2.75) is 24.0 Å². The normalized spacial score (nSPS) is 11.8. The lowest BCUT2D eigenvalue weighted by Gasteiger charge is -2.08. The summed E-state index contributed by atoms with van der Waals surface area (Å²) >= 11 is 0. The van der Waals surface area contributed by atoms with Crippen molar-refractivity contribution in [1.82, 2.24) is 0 Å². The van der Waals surface area contributed by atoms with Crippen molar-refractivity contribution >= 4 is 37.1 Å². The summed E-state index contributed by atoms with van der Waals surface area (Å²) in [7, 11) is -6.99. The molecule has 0 saturated heterocycles. The molecule has 0 bridgehead atoms. The molecule has 10 heteroatoms. The molecule has 0 saturated carbocycles. The monoisotopic (exact) mass is 462 g/mol. The van der Waals surface area contributed by atoms with Gasteiger partial charge in [-0.3, -0.25) is 9.52 Å². The number of nitrogens with one attached hydrogen (secondary N) is 2. The van der Waals surface area contributed by atoms with Crippen LogP contribution in [-0.2, 0) is 25.6 Å². The molecule has 1 heterocycles. The third kappa shape index (κ3) is 6.19. The Hall–Kier alpha value is -3.11. The minimum atomic E-state index is -3.59. The van der Waals surface area contributed by atoms with Crippen molar-refractivity contribution in [2.24, 2.45) is 0 Å². The minimum absolute atomic E-state index is 0.0201. The van der Waals surface area contributed by atoms with Crippen LogP contribution in [0.2, 0.25) is 0 Å². The predicted octanol–water partition coefficient (Wildman–Crippen LogP) is 3.66. The fourth-order valence-electron chi connectivity index (χ4n) is 2.79. The average molecular weight is 463 g/mol. The molecule has 0 spiro atoms. The van der Waals surface area contributed by atoms with Gasteiger partial charge in [-0.05, 0) is 55.0 Å². The van der Waals surface area contributed by atoms with Gasteiger partial charge in [0, 0.05) is 11.4 Å².